The molecule has 0 amide bonds. The van der Waals surface area contributed by atoms with E-state index in [4.69, 9.17) is 21.6 Å². The van der Waals surface area contributed by atoms with Crippen LogP contribution >= 0.6 is 11.6 Å². The first-order valence-corrected chi connectivity index (χ1v) is 7.07. The molecule has 0 saturated carbocycles. The summed E-state index contributed by atoms with van der Waals surface area (Å²) in [5.74, 6) is 0.834. The van der Waals surface area contributed by atoms with Crippen LogP contribution in [0.3, 0.4) is 0 Å². The Morgan fingerprint density at radius 1 is 1.45 bits per heavy atom. The van der Waals surface area contributed by atoms with E-state index in [0.29, 0.717) is 12.2 Å². The first-order chi connectivity index (χ1) is 9.58. The van der Waals surface area contributed by atoms with Gasteiger partial charge in [0.2, 0.25) is 0 Å². The SMILES string of the molecule is COCCC(C)n1c(C(C)Cl)nc2ccc(C#N)cc21. The molecule has 0 spiro atoms. The number of alkyl halides is 1. The molecule has 0 saturated heterocycles. The van der Waals surface area contributed by atoms with Gasteiger partial charge in [0, 0.05) is 19.8 Å². The lowest BCUT2D eigenvalue weighted by Crippen LogP contribution is -2.12. The summed E-state index contributed by atoms with van der Waals surface area (Å²) in [7, 11) is 1.69. The number of methoxy groups -OCH3 is 1. The number of hydrogen-bond donors (Lipinski definition) is 0. The Hall–Kier alpha value is -1.57. The van der Waals surface area contributed by atoms with Gasteiger partial charge in [-0.2, -0.15) is 5.26 Å². The average molecular weight is 292 g/mol. The van der Waals surface area contributed by atoms with Crippen molar-refractivity contribution in [1.82, 2.24) is 9.55 Å². The van der Waals surface area contributed by atoms with Crippen LogP contribution in [0.1, 0.15) is 43.1 Å². The van der Waals surface area contributed by atoms with E-state index >= 15 is 0 Å². The monoisotopic (exact) mass is 291 g/mol. The topological polar surface area (TPSA) is 50.8 Å². The Morgan fingerprint density at radius 2 is 2.20 bits per heavy atom. The Balaban J connectivity index is 2.57. The van der Waals surface area contributed by atoms with Gasteiger partial charge in [0.25, 0.3) is 0 Å². The number of nitriles is 1. The summed E-state index contributed by atoms with van der Waals surface area (Å²) < 4.78 is 7.27. The van der Waals surface area contributed by atoms with Crippen LogP contribution in [0, 0.1) is 11.3 Å². The lowest BCUT2D eigenvalue weighted by atomic mass is 10.2. The van der Waals surface area contributed by atoms with E-state index in [0.717, 1.165) is 23.3 Å². The summed E-state index contributed by atoms with van der Waals surface area (Å²) >= 11 is 6.25. The molecule has 0 aliphatic rings. The molecule has 1 aromatic carbocycles. The molecule has 0 bridgehead atoms. The molecule has 2 aromatic rings. The molecule has 0 aliphatic heterocycles. The number of fused-ring (bicyclic) bond motifs is 1. The van der Waals surface area contributed by atoms with E-state index < -0.39 is 0 Å². The van der Waals surface area contributed by atoms with Crippen LogP contribution in [-0.2, 0) is 4.74 Å². The maximum absolute atomic E-state index is 9.06. The number of benzene rings is 1. The number of imidazole rings is 1. The van der Waals surface area contributed by atoms with Crippen molar-refractivity contribution < 1.29 is 4.74 Å². The summed E-state index contributed by atoms with van der Waals surface area (Å²) in [6.07, 6.45) is 0.870. The van der Waals surface area contributed by atoms with Gasteiger partial charge in [-0.25, -0.2) is 4.98 Å². The van der Waals surface area contributed by atoms with Gasteiger partial charge in [-0.05, 0) is 38.5 Å². The fraction of sp³-hybridized carbons (Fsp3) is 0.467. The largest absolute Gasteiger partial charge is 0.385 e. The fourth-order valence-corrected chi connectivity index (χ4v) is 2.50. The molecule has 2 rings (SSSR count). The van der Waals surface area contributed by atoms with Crippen LogP contribution in [0.2, 0.25) is 0 Å². The van der Waals surface area contributed by atoms with Crippen molar-refractivity contribution in [3.63, 3.8) is 0 Å². The Bertz CT molecular complexity index is 642. The number of halogens is 1. The molecule has 0 fully saturated rings. The minimum atomic E-state index is -0.182. The van der Waals surface area contributed by atoms with E-state index in [1.807, 2.05) is 19.1 Å². The molecule has 1 aromatic heterocycles. The van der Waals surface area contributed by atoms with Crippen molar-refractivity contribution in [2.24, 2.45) is 0 Å². The van der Waals surface area contributed by atoms with Gasteiger partial charge in [-0.3, -0.25) is 0 Å². The smallest absolute Gasteiger partial charge is 0.127 e. The van der Waals surface area contributed by atoms with Gasteiger partial charge >= 0.3 is 0 Å². The van der Waals surface area contributed by atoms with Gasteiger partial charge in [0.1, 0.15) is 5.82 Å². The van der Waals surface area contributed by atoms with E-state index in [2.05, 4.69) is 22.5 Å². The van der Waals surface area contributed by atoms with Crippen molar-refractivity contribution in [2.75, 3.05) is 13.7 Å². The second kappa shape index (κ2) is 6.25. The third-order valence-corrected chi connectivity index (χ3v) is 3.58. The zero-order valence-electron chi connectivity index (χ0n) is 11.9. The molecule has 2 unspecified atom stereocenters. The van der Waals surface area contributed by atoms with E-state index in [-0.39, 0.29) is 11.4 Å². The minimum Gasteiger partial charge on any atom is -0.385 e. The number of nitrogens with zero attached hydrogens (tertiary/aromatic N) is 3. The minimum absolute atomic E-state index is 0.182. The van der Waals surface area contributed by atoms with Crippen LogP contribution in [0.5, 0.6) is 0 Å². The standard InChI is InChI=1S/C15H18ClN3O/c1-10(6-7-20-3)19-14-8-12(9-17)4-5-13(14)18-15(19)11(2)16/h4-5,8,10-11H,6-7H2,1-3H3. The lowest BCUT2D eigenvalue weighted by molar-refractivity contribution is 0.181. The zero-order chi connectivity index (χ0) is 14.7. The first-order valence-electron chi connectivity index (χ1n) is 6.63. The highest BCUT2D eigenvalue weighted by Gasteiger charge is 2.19. The summed E-state index contributed by atoms with van der Waals surface area (Å²) in [4.78, 5) is 4.60. The van der Waals surface area contributed by atoms with E-state index in [1.165, 1.54) is 0 Å². The summed E-state index contributed by atoms with van der Waals surface area (Å²) in [5.41, 5.74) is 2.46. The van der Waals surface area contributed by atoms with Crippen LogP contribution < -0.4 is 0 Å². The van der Waals surface area contributed by atoms with Crippen LogP contribution in [0.15, 0.2) is 18.2 Å². The number of hydrogen-bond acceptors (Lipinski definition) is 3. The highest BCUT2D eigenvalue weighted by Crippen LogP contribution is 2.29. The molecular formula is C15H18ClN3O. The lowest BCUT2D eigenvalue weighted by Gasteiger charge is -2.18. The van der Waals surface area contributed by atoms with Crippen molar-refractivity contribution >= 4 is 22.6 Å². The fourth-order valence-electron chi connectivity index (χ4n) is 2.34. The van der Waals surface area contributed by atoms with Crippen molar-refractivity contribution in [3.05, 3.63) is 29.6 Å². The Labute approximate surface area is 123 Å². The predicted octanol–water partition coefficient (Wildman–Crippen LogP) is 3.81. The summed E-state index contributed by atoms with van der Waals surface area (Å²) in [5, 5.41) is 8.88. The molecule has 0 aliphatic carbocycles. The molecule has 106 valence electrons. The Morgan fingerprint density at radius 3 is 2.80 bits per heavy atom. The third-order valence-electron chi connectivity index (χ3n) is 3.38. The zero-order valence-corrected chi connectivity index (χ0v) is 12.7. The Kier molecular flexibility index (Phi) is 4.64. The highest BCUT2D eigenvalue weighted by molar-refractivity contribution is 6.20. The number of aromatic nitrogens is 2. The maximum atomic E-state index is 9.06. The third kappa shape index (κ3) is 2.79. The second-order valence-electron chi connectivity index (χ2n) is 4.90. The van der Waals surface area contributed by atoms with Crippen LogP contribution in [0.25, 0.3) is 11.0 Å². The highest BCUT2D eigenvalue weighted by atomic mass is 35.5. The van der Waals surface area contributed by atoms with Gasteiger partial charge in [0.15, 0.2) is 0 Å². The van der Waals surface area contributed by atoms with E-state index in [9.17, 15) is 0 Å². The van der Waals surface area contributed by atoms with Crippen molar-refractivity contribution in [1.29, 1.82) is 5.26 Å². The van der Waals surface area contributed by atoms with Crippen molar-refractivity contribution in [3.8, 4) is 6.07 Å². The van der Waals surface area contributed by atoms with E-state index in [1.54, 1.807) is 13.2 Å². The molecule has 5 heteroatoms. The normalized spacial score (nSPS) is 14.2. The van der Waals surface area contributed by atoms with Crippen molar-refractivity contribution in [2.45, 2.75) is 31.7 Å². The maximum Gasteiger partial charge on any atom is 0.127 e. The van der Waals surface area contributed by atoms with Gasteiger partial charge in [-0.15, -0.1) is 11.6 Å². The van der Waals surface area contributed by atoms with Gasteiger partial charge in [0.05, 0.1) is 28.0 Å². The second-order valence-corrected chi connectivity index (χ2v) is 5.56. The van der Waals surface area contributed by atoms with Gasteiger partial charge < -0.3 is 9.30 Å². The molecule has 2 atom stereocenters. The number of ether oxygens (including phenoxy) is 1. The predicted molar refractivity (Wildman–Crippen MR) is 79.9 cm³/mol. The van der Waals surface area contributed by atoms with Gasteiger partial charge in [-0.1, -0.05) is 0 Å². The average Bonchev–Trinajstić information content (AvgIpc) is 2.83. The van der Waals surface area contributed by atoms with Crippen LogP contribution in [-0.4, -0.2) is 23.3 Å². The molecule has 1 heterocycles. The summed E-state index contributed by atoms with van der Waals surface area (Å²) in [6, 6.07) is 7.90. The first kappa shape index (κ1) is 14.8. The molecular weight excluding hydrogens is 274 g/mol. The van der Waals surface area contributed by atoms with Crippen LogP contribution in [0.4, 0.5) is 0 Å². The molecule has 0 N–H and O–H groups in total. The molecule has 20 heavy (non-hydrogen) atoms. The quantitative estimate of drug-likeness (QED) is 0.787. The summed E-state index contributed by atoms with van der Waals surface area (Å²) in [6.45, 7) is 4.70. The number of rotatable bonds is 5. The molecule has 4 nitrogen and oxygen atoms in total. The molecule has 0 radical (unpaired) electrons.